The fraction of sp³-hybridized carbons (Fsp3) is 0.174. The van der Waals surface area contributed by atoms with Gasteiger partial charge in [0.05, 0.1) is 11.0 Å². The number of benzene rings is 3. The van der Waals surface area contributed by atoms with Crippen LogP contribution in [-0.4, -0.2) is 16.9 Å². The molecule has 1 aliphatic rings. The third kappa shape index (κ3) is 3.69. The maximum Gasteiger partial charge on any atom is 0.269 e. The van der Waals surface area contributed by atoms with Crippen LogP contribution in [0.2, 0.25) is 0 Å². The summed E-state index contributed by atoms with van der Waals surface area (Å²) in [6, 6.07) is 23.7. The van der Waals surface area contributed by atoms with Crippen LogP contribution in [0.4, 0.5) is 17.1 Å². The smallest absolute Gasteiger partial charge is 0.269 e. The molecule has 0 spiro atoms. The molecular weight excluding hydrogens is 366 g/mol. The third-order valence-electron chi connectivity index (χ3n) is 5.25. The molecule has 0 radical (unpaired) electrons. The molecule has 0 bridgehead atoms. The van der Waals surface area contributed by atoms with Crippen LogP contribution in [0.3, 0.4) is 0 Å². The number of nitro groups is 1. The number of amides is 1. The van der Waals surface area contributed by atoms with Crippen LogP contribution in [0, 0.1) is 10.1 Å². The van der Waals surface area contributed by atoms with Crippen molar-refractivity contribution >= 4 is 23.0 Å². The standard InChI is InChI=1S/C23H21N3O3/c1-16-15-21(24-18-7-3-2-4-8-18)20-9-5-6-10-22(20)25(16)23(27)17-11-13-19(14-12-17)26(28)29/h2-14,16,21,24H,15H2,1H3/t16-,21-/m0/s1. The van der Waals surface area contributed by atoms with Crippen molar-refractivity contribution in [3.8, 4) is 0 Å². The highest BCUT2D eigenvalue weighted by molar-refractivity contribution is 6.07. The van der Waals surface area contributed by atoms with E-state index in [0.29, 0.717) is 5.56 Å². The molecule has 0 unspecified atom stereocenters. The van der Waals surface area contributed by atoms with E-state index in [-0.39, 0.29) is 23.7 Å². The lowest BCUT2D eigenvalue weighted by molar-refractivity contribution is -0.384. The van der Waals surface area contributed by atoms with Gasteiger partial charge in [-0.3, -0.25) is 14.9 Å². The molecule has 0 saturated heterocycles. The van der Waals surface area contributed by atoms with Crippen LogP contribution >= 0.6 is 0 Å². The maximum absolute atomic E-state index is 13.3. The van der Waals surface area contributed by atoms with Crippen LogP contribution in [0.1, 0.15) is 35.3 Å². The molecule has 1 N–H and O–H groups in total. The Kier molecular flexibility index (Phi) is 4.99. The van der Waals surface area contributed by atoms with E-state index in [1.54, 1.807) is 4.90 Å². The Morgan fingerprint density at radius 1 is 1.00 bits per heavy atom. The van der Waals surface area contributed by atoms with Gasteiger partial charge in [0.1, 0.15) is 0 Å². The average molecular weight is 387 g/mol. The predicted octanol–water partition coefficient (Wildman–Crippen LogP) is 5.19. The van der Waals surface area contributed by atoms with Crippen molar-refractivity contribution in [3.05, 3.63) is 100 Å². The second-order valence-electron chi connectivity index (χ2n) is 7.19. The van der Waals surface area contributed by atoms with Crippen molar-refractivity contribution in [1.82, 2.24) is 0 Å². The molecule has 0 aliphatic carbocycles. The largest absolute Gasteiger partial charge is 0.378 e. The number of nitrogens with one attached hydrogen (secondary N) is 1. The number of carbonyl (C=O) groups is 1. The van der Waals surface area contributed by atoms with Crippen LogP contribution in [-0.2, 0) is 0 Å². The number of para-hydroxylation sites is 2. The molecule has 4 rings (SSSR count). The Morgan fingerprint density at radius 3 is 2.34 bits per heavy atom. The number of nitrogens with zero attached hydrogens (tertiary/aromatic N) is 2. The van der Waals surface area contributed by atoms with Crippen LogP contribution in [0.5, 0.6) is 0 Å². The molecule has 29 heavy (non-hydrogen) atoms. The summed E-state index contributed by atoms with van der Waals surface area (Å²) in [5.41, 5.74) is 3.37. The molecule has 146 valence electrons. The molecule has 1 amide bonds. The Morgan fingerprint density at radius 2 is 1.66 bits per heavy atom. The van der Waals surface area contributed by atoms with E-state index in [9.17, 15) is 14.9 Å². The van der Waals surface area contributed by atoms with Crippen molar-refractivity contribution in [2.24, 2.45) is 0 Å². The second kappa shape index (κ2) is 7.75. The fourth-order valence-electron chi connectivity index (χ4n) is 3.86. The third-order valence-corrected chi connectivity index (χ3v) is 5.25. The first-order valence-corrected chi connectivity index (χ1v) is 9.53. The number of hydrogen-bond acceptors (Lipinski definition) is 4. The molecule has 0 saturated carbocycles. The lowest BCUT2D eigenvalue weighted by Crippen LogP contribution is -2.44. The minimum atomic E-state index is -0.465. The first kappa shape index (κ1) is 18.7. The summed E-state index contributed by atoms with van der Waals surface area (Å²) in [5.74, 6) is -0.155. The predicted molar refractivity (Wildman–Crippen MR) is 113 cm³/mol. The molecule has 3 aromatic carbocycles. The van der Waals surface area contributed by atoms with Gasteiger partial charge in [-0.2, -0.15) is 0 Å². The number of nitro benzene ring substituents is 1. The van der Waals surface area contributed by atoms with Gasteiger partial charge in [-0.05, 0) is 49.2 Å². The minimum Gasteiger partial charge on any atom is -0.378 e. The Balaban J connectivity index is 1.66. The molecule has 6 heteroatoms. The summed E-state index contributed by atoms with van der Waals surface area (Å²) >= 11 is 0. The van der Waals surface area contributed by atoms with E-state index in [1.165, 1.54) is 24.3 Å². The highest BCUT2D eigenvalue weighted by Crippen LogP contribution is 2.39. The monoisotopic (exact) mass is 387 g/mol. The van der Waals surface area contributed by atoms with E-state index in [4.69, 9.17) is 0 Å². The van der Waals surface area contributed by atoms with Gasteiger partial charge >= 0.3 is 0 Å². The van der Waals surface area contributed by atoms with Gasteiger partial charge in [-0.25, -0.2) is 0 Å². The maximum atomic E-state index is 13.3. The average Bonchev–Trinajstić information content (AvgIpc) is 2.74. The van der Waals surface area contributed by atoms with Crippen molar-refractivity contribution < 1.29 is 9.72 Å². The molecule has 1 aliphatic heterocycles. The lowest BCUT2D eigenvalue weighted by Gasteiger charge is -2.40. The number of anilines is 2. The molecule has 2 atom stereocenters. The summed E-state index contributed by atoms with van der Waals surface area (Å²) in [6.45, 7) is 2.03. The number of hydrogen-bond donors (Lipinski definition) is 1. The molecule has 0 fully saturated rings. The van der Waals surface area contributed by atoms with E-state index >= 15 is 0 Å². The Bertz CT molecular complexity index is 1030. The zero-order valence-corrected chi connectivity index (χ0v) is 16.0. The fourth-order valence-corrected chi connectivity index (χ4v) is 3.86. The Labute approximate surface area is 168 Å². The number of carbonyl (C=O) groups excluding carboxylic acids is 1. The van der Waals surface area contributed by atoms with Gasteiger partial charge in [0.2, 0.25) is 0 Å². The first-order valence-electron chi connectivity index (χ1n) is 9.53. The first-order chi connectivity index (χ1) is 14.0. The molecule has 0 aromatic heterocycles. The second-order valence-corrected chi connectivity index (χ2v) is 7.19. The minimum absolute atomic E-state index is 0.0271. The van der Waals surface area contributed by atoms with Crippen molar-refractivity contribution in [2.45, 2.75) is 25.4 Å². The van der Waals surface area contributed by atoms with Gasteiger partial charge in [0, 0.05) is 35.1 Å². The highest BCUT2D eigenvalue weighted by atomic mass is 16.6. The summed E-state index contributed by atoms with van der Waals surface area (Å²) in [4.78, 5) is 25.5. The van der Waals surface area contributed by atoms with Gasteiger partial charge in [0.15, 0.2) is 0 Å². The summed E-state index contributed by atoms with van der Waals surface area (Å²) in [7, 11) is 0. The summed E-state index contributed by atoms with van der Waals surface area (Å²) < 4.78 is 0. The van der Waals surface area contributed by atoms with Gasteiger partial charge in [0.25, 0.3) is 11.6 Å². The van der Waals surface area contributed by atoms with Gasteiger partial charge in [-0.15, -0.1) is 0 Å². The van der Waals surface area contributed by atoms with E-state index in [1.807, 2.05) is 61.5 Å². The van der Waals surface area contributed by atoms with Crippen LogP contribution in [0.25, 0.3) is 0 Å². The zero-order valence-electron chi connectivity index (χ0n) is 16.0. The number of rotatable bonds is 4. The lowest BCUT2D eigenvalue weighted by atomic mass is 9.90. The van der Waals surface area contributed by atoms with E-state index in [2.05, 4.69) is 5.32 Å². The van der Waals surface area contributed by atoms with Crippen LogP contribution < -0.4 is 10.2 Å². The Hall–Kier alpha value is -3.67. The molecular formula is C23H21N3O3. The SMILES string of the molecule is C[C@H]1C[C@H](Nc2ccccc2)c2ccccc2N1C(=O)c1ccc([N+](=O)[O-])cc1. The normalized spacial score (nSPS) is 18.0. The van der Waals surface area contributed by atoms with E-state index < -0.39 is 4.92 Å². The van der Waals surface area contributed by atoms with Crippen LogP contribution in [0.15, 0.2) is 78.9 Å². The molecule has 6 nitrogen and oxygen atoms in total. The van der Waals surface area contributed by atoms with E-state index in [0.717, 1.165) is 23.4 Å². The van der Waals surface area contributed by atoms with Crippen molar-refractivity contribution in [1.29, 1.82) is 0 Å². The highest BCUT2D eigenvalue weighted by Gasteiger charge is 2.34. The number of non-ortho nitro benzene ring substituents is 1. The van der Waals surface area contributed by atoms with Crippen molar-refractivity contribution in [3.63, 3.8) is 0 Å². The molecule has 1 heterocycles. The quantitative estimate of drug-likeness (QED) is 0.494. The topological polar surface area (TPSA) is 75.5 Å². The summed E-state index contributed by atoms with van der Waals surface area (Å²) in [6.07, 6.45) is 0.755. The molecule has 3 aromatic rings. The zero-order chi connectivity index (χ0) is 20.4. The van der Waals surface area contributed by atoms with Crippen molar-refractivity contribution in [2.75, 3.05) is 10.2 Å². The summed E-state index contributed by atoms with van der Waals surface area (Å²) in [5, 5.41) is 14.5. The number of fused-ring (bicyclic) bond motifs is 1. The van der Waals surface area contributed by atoms with Gasteiger partial charge < -0.3 is 10.2 Å². The van der Waals surface area contributed by atoms with Gasteiger partial charge in [-0.1, -0.05) is 36.4 Å².